The molecule has 0 saturated carbocycles. The highest BCUT2D eigenvalue weighted by atomic mass is 35.5. The van der Waals surface area contributed by atoms with Crippen molar-refractivity contribution < 1.29 is 13.6 Å². The molecular weight excluding hydrogens is 212 g/mol. The van der Waals surface area contributed by atoms with Crippen molar-refractivity contribution in [3.8, 4) is 0 Å². The van der Waals surface area contributed by atoms with Gasteiger partial charge in [0.1, 0.15) is 16.7 Å². The quantitative estimate of drug-likeness (QED) is 0.661. The molecule has 0 fully saturated rings. The molecule has 1 aliphatic heterocycles. The van der Waals surface area contributed by atoms with E-state index < -0.39 is 22.6 Å². The highest BCUT2D eigenvalue weighted by molar-refractivity contribution is 6.31. The average molecular weight is 218 g/mol. The van der Waals surface area contributed by atoms with Gasteiger partial charge < -0.3 is 5.32 Å². The fourth-order valence-electron chi connectivity index (χ4n) is 1.48. The minimum absolute atomic E-state index is 0.0376. The van der Waals surface area contributed by atoms with Gasteiger partial charge in [-0.1, -0.05) is 11.6 Å². The average Bonchev–Trinajstić information content (AvgIpc) is 2.17. The summed E-state index contributed by atoms with van der Waals surface area (Å²) >= 11 is 5.38. The summed E-state index contributed by atoms with van der Waals surface area (Å²) in [5.74, 6) is -2.18. The maximum absolute atomic E-state index is 13.4. The first-order valence-electron chi connectivity index (χ1n) is 4.06. The maximum Gasteiger partial charge on any atom is 0.251 e. The molecule has 1 N–H and O–H groups in total. The number of benzene rings is 1. The van der Waals surface area contributed by atoms with Gasteiger partial charge in [-0.15, -0.1) is 0 Å². The van der Waals surface area contributed by atoms with Crippen LogP contribution in [-0.2, 0) is 6.42 Å². The van der Waals surface area contributed by atoms with Crippen LogP contribution in [0.5, 0.6) is 0 Å². The van der Waals surface area contributed by atoms with Crippen LogP contribution in [0.25, 0.3) is 0 Å². The van der Waals surface area contributed by atoms with Crippen LogP contribution in [0.4, 0.5) is 8.78 Å². The number of amides is 1. The van der Waals surface area contributed by atoms with Crippen LogP contribution >= 0.6 is 11.6 Å². The van der Waals surface area contributed by atoms with E-state index in [-0.39, 0.29) is 11.1 Å². The van der Waals surface area contributed by atoms with Crippen molar-refractivity contribution in [1.29, 1.82) is 0 Å². The molecule has 2 nitrogen and oxygen atoms in total. The minimum Gasteiger partial charge on any atom is -0.352 e. The van der Waals surface area contributed by atoms with Crippen molar-refractivity contribution in [2.24, 2.45) is 0 Å². The topological polar surface area (TPSA) is 29.1 Å². The van der Waals surface area contributed by atoms with Gasteiger partial charge >= 0.3 is 0 Å². The Labute approximate surface area is 83.9 Å². The first-order chi connectivity index (χ1) is 6.61. The molecule has 0 atom stereocenters. The normalized spacial score (nSPS) is 14.9. The highest BCUT2D eigenvalue weighted by Gasteiger charge is 2.24. The molecule has 0 unspecified atom stereocenters. The van der Waals surface area contributed by atoms with E-state index in [1.807, 2.05) is 0 Å². The van der Waals surface area contributed by atoms with Gasteiger partial charge in [-0.05, 0) is 12.5 Å². The molecule has 2 rings (SSSR count). The first-order valence-corrected chi connectivity index (χ1v) is 4.43. The minimum atomic E-state index is -0.903. The summed E-state index contributed by atoms with van der Waals surface area (Å²) < 4.78 is 26.4. The summed E-state index contributed by atoms with van der Waals surface area (Å²) in [4.78, 5) is 11.2. The third kappa shape index (κ3) is 1.26. The number of carbonyl (C=O) groups is 1. The van der Waals surface area contributed by atoms with Gasteiger partial charge in [0.05, 0.1) is 0 Å². The lowest BCUT2D eigenvalue weighted by atomic mass is 9.99. The number of nitrogens with one attached hydrogen (secondary N) is 1. The standard InChI is InChI=1S/C9H6ClF2NO/c10-7-6(11)3-5-4(8(7)12)1-2-13-9(5)14/h3H,1-2H2,(H,13,14). The van der Waals surface area contributed by atoms with Crippen LogP contribution in [0.1, 0.15) is 15.9 Å². The van der Waals surface area contributed by atoms with E-state index >= 15 is 0 Å². The summed E-state index contributed by atoms with van der Waals surface area (Å²) in [6, 6.07) is 0.968. The van der Waals surface area contributed by atoms with Crippen molar-refractivity contribution in [2.45, 2.75) is 6.42 Å². The molecule has 14 heavy (non-hydrogen) atoms. The van der Waals surface area contributed by atoms with Gasteiger partial charge in [-0.25, -0.2) is 8.78 Å². The summed E-state index contributed by atoms with van der Waals surface area (Å²) in [6.07, 6.45) is 0.340. The Morgan fingerprint density at radius 2 is 2.14 bits per heavy atom. The second kappa shape index (κ2) is 3.20. The zero-order chi connectivity index (χ0) is 10.3. The Morgan fingerprint density at radius 1 is 1.43 bits per heavy atom. The van der Waals surface area contributed by atoms with Crippen LogP contribution in [0.2, 0.25) is 5.02 Å². The Hall–Kier alpha value is -1.16. The van der Waals surface area contributed by atoms with E-state index in [4.69, 9.17) is 11.6 Å². The van der Waals surface area contributed by atoms with E-state index in [0.29, 0.717) is 13.0 Å². The lowest BCUT2D eigenvalue weighted by Crippen LogP contribution is -2.32. The highest BCUT2D eigenvalue weighted by Crippen LogP contribution is 2.27. The molecule has 0 radical (unpaired) electrons. The van der Waals surface area contributed by atoms with E-state index in [1.54, 1.807) is 0 Å². The number of halogens is 3. The third-order valence-electron chi connectivity index (χ3n) is 2.17. The Balaban J connectivity index is 2.69. The molecule has 74 valence electrons. The lowest BCUT2D eigenvalue weighted by Gasteiger charge is -2.17. The van der Waals surface area contributed by atoms with Gasteiger partial charge in [0.25, 0.3) is 5.91 Å². The molecule has 0 aliphatic carbocycles. The van der Waals surface area contributed by atoms with Gasteiger partial charge in [0.15, 0.2) is 0 Å². The Bertz CT molecular complexity index is 420. The molecular formula is C9H6ClF2NO. The number of hydrogen-bond acceptors (Lipinski definition) is 1. The summed E-state index contributed by atoms with van der Waals surface area (Å²) in [5.41, 5.74) is 0.232. The summed E-state index contributed by atoms with van der Waals surface area (Å²) in [6.45, 7) is 0.352. The van der Waals surface area contributed by atoms with E-state index in [0.717, 1.165) is 6.07 Å². The van der Waals surface area contributed by atoms with E-state index in [2.05, 4.69) is 5.32 Å². The van der Waals surface area contributed by atoms with Crippen LogP contribution in [0.3, 0.4) is 0 Å². The van der Waals surface area contributed by atoms with Gasteiger partial charge in [0, 0.05) is 17.7 Å². The monoisotopic (exact) mass is 217 g/mol. The second-order valence-electron chi connectivity index (χ2n) is 3.02. The summed E-state index contributed by atoms with van der Waals surface area (Å²) in [7, 11) is 0. The Morgan fingerprint density at radius 3 is 2.86 bits per heavy atom. The molecule has 0 spiro atoms. The summed E-state index contributed by atoms with van der Waals surface area (Å²) in [5, 5.41) is 1.95. The fourth-order valence-corrected chi connectivity index (χ4v) is 1.64. The molecule has 1 aromatic rings. The molecule has 5 heteroatoms. The first kappa shape index (κ1) is 9.40. The van der Waals surface area contributed by atoms with Crippen LogP contribution < -0.4 is 5.32 Å². The zero-order valence-corrected chi connectivity index (χ0v) is 7.79. The molecule has 0 saturated heterocycles. The van der Waals surface area contributed by atoms with Crippen LogP contribution in [0, 0.1) is 11.6 Å². The number of rotatable bonds is 0. The van der Waals surface area contributed by atoms with Gasteiger partial charge in [-0.2, -0.15) is 0 Å². The predicted molar refractivity (Wildman–Crippen MR) is 47.4 cm³/mol. The molecule has 0 aromatic heterocycles. The molecule has 1 aromatic carbocycles. The Kier molecular flexibility index (Phi) is 2.15. The molecule has 1 amide bonds. The fraction of sp³-hybridized carbons (Fsp3) is 0.222. The number of carbonyl (C=O) groups excluding carboxylic acids is 1. The number of hydrogen-bond donors (Lipinski definition) is 1. The number of fused-ring (bicyclic) bond motifs is 1. The second-order valence-corrected chi connectivity index (χ2v) is 3.40. The van der Waals surface area contributed by atoms with Crippen molar-refractivity contribution in [3.63, 3.8) is 0 Å². The van der Waals surface area contributed by atoms with Crippen molar-refractivity contribution >= 4 is 17.5 Å². The van der Waals surface area contributed by atoms with Crippen molar-refractivity contribution in [2.75, 3.05) is 6.54 Å². The van der Waals surface area contributed by atoms with Crippen LogP contribution in [0.15, 0.2) is 6.07 Å². The van der Waals surface area contributed by atoms with E-state index in [1.165, 1.54) is 0 Å². The van der Waals surface area contributed by atoms with Crippen LogP contribution in [-0.4, -0.2) is 12.5 Å². The maximum atomic E-state index is 13.4. The van der Waals surface area contributed by atoms with Gasteiger partial charge in [0.2, 0.25) is 0 Å². The predicted octanol–water partition coefficient (Wildman–Crippen LogP) is 1.90. The third-order valence-corrected chi connectivity index (χ3v) is 2.52. The largest absolute Gasteiger partial charge is 0.352 e. The SMILES string of the molecule is O=C1NCCc2c1cc(F)c(Cl)c2F. The zero-order valence-electron chi connectivity index (χ0n) is 7.03. The lowest BCUT2D eigenvalue weighted by molar-refractivity contribution is 0.0944. The molecule has 0 bridgehead atoms. The van der Waals surface area contributed by atoms with Crippen molar-refractivity contribution in [1.82, 2.24) is 5.32 Å². The molecule has 1 heterocycles. The van der Waals surface area contributed by atoms with Gasteiger partial charge in [-0.3, -0.25) is 4.79 Å². The van der Waals surface area contributed by atoms with Crippen molar-refractivity contribution in [3.05, 3.63) is 33.9 Å². The smallest absolute Gasteiger partial charge is 0.251 e. The molecule has 1 aliphatic rings. The van der Waals surface area contributed by atoms with E-state index in [9.17, 15) is 13.6 Å².